The molecular formula is C76H84Cl2N10O8S2. The number of benzene rings is 6. The first kappa shape index (κ1) is 66.8. The van der Waals surface area contributed by atoms with Gasteiger partial charge >= 0.3 is 11.9 Å². The van der Waals surface area contributed by atoms with Gasteiger partial charge in [-0.15, -0.1) is 22.7 Å². The molecular weight excluding hydrogens is 1320 g/mol. The van der Waals surface area contributed by atoms with E-state index in [2.05, 4.69) is 62.1 Å². The largest absolute Gasteiger partial charge is 0.479 e. The zero-order chi connectivity index (χ0) is 68.4. The van der Waals surface area contributed by atoms with E-state index in [1.165, 1.54) is 25.7 Å². The first-order valence-electron chi connectivity index (χ1n) is 34.2. The number of carbonyl (C=O) groups is 2. The van der Waals surface area contributed by atoms with Crippen molar-refractivity contribution in [3.8, 4) is 43.4 Å². The highest BCUT2D eigenvalue weighted by atomic mass is 35.5. The van der Waals surface area contributed by atoms with Crippen LogP contribution in [0.5, 0.6) is 0 Å². The Morgan fingerprint density at radius 2 is 0.939 bits per heavy atom. The van der Waals surface area contributed by atoms with E-state index in [9.17, 15) is 14.7 Å². The molecule has 6 fully saturated rings. The van der Waals surface area contributed by atoms with Gasteiger partial charge in [-0.05, 0) is 183 Å². The summed E-state index contributed by atoms with van der Waals surface area (Å²) in [5, 5.41) is 26.0. The second-order valence-corrected chi connectivity index (χ2v) is 32.1. The van der Waals surface area contributed by atoms with Crippen LogP contribution in [-0.4, -0.2) is 163 Å². The molecule has 16 rings (SSSR count). The molecule has 0 aliphatic carbocycles. The number of hydrogen-bond acceptors (Lipinski definition) is 17. The number of ether oxygens (including phenoxy) is 5. The van der Waals surface area contributed by atoms with Crippen LogP contribution in [0.4, 0.5) is 11.6 Å². The van der Waals surface area contributed by atoms with Gasteiger partial charge in [0.15, 0.2) is 23.8 Å². The maximum Gasteiger partial charge on any atom is 0.339 e. The number of anilines is 2. The van der Waals surface area contributed by atoms with Crippen LogP contribution >= 0.6 is 45.9 Å². The van der Waals surface area contributed by atoms with E-state index >= 15 is 0 Å². The number of likely N-dealkylation sites (tertiary alicyclic amines) is 2. The number of thiazole rings is 2. The predicted octanol–water partition coefficient (Wildman–Crippen LogP) is 15.4. The zero-order valence-corrected chi connectivity index (χ0v) is 60.5. The number of aromatic nitrogens is 6. The number of aryl methyl sites for hydroxylation is 4. The van der Waals surface area contributed by atoms with Gasteiger partial charge in [0, 0.05) is 119 Å². The number of hydrogen-bond donors (Lipinski definition) is 1. The van der Waals surface area contributed by atoms with Crippen LogP contribution in [0.3, 0.4) is 0 Å². The number of carboxylic acids is 1. The molecule has 0 saturated carbocycles. The molecule has 18 nitrogen and oxygen atoms in total. The Morgan fingerprint density at radius 3 is 1.30 bits per heavy atom. The Kier molecular flexibility index (Phi) is 17.8. The summed E-state index contributed by atoms with van der Waals surface area (Å²) in [6.07, 6.45) is 2.65. The monoisotopic (exact) mass is 1400 g/mol. The number of fused-ring (bicyclic) bond motifs is 8. The van der Waals surface area contributed by atoms with Crippen molar-refractivity contribution < 1.29 is 38.4 Å². The highest BCUT2D eigenvalue weighted by Crippen LogP contribution is 2.49. The quantitative estimate of drug-likeness (QED) is 0.0959. The van der Waals surface area contributed by atoms with Crippen molar-refractivity contribution in [1.29, 1.82) is 0 Å². The van der Waals surface area contributed by atoms with Gasteiger partial charge in [0.05, 0.1) is 87.8 Å². The molecule has 4 aromatic heterocycles. The molecule has 0 spiro atoms. The molecule has 6 aliphatic rings. The number of halogens is 2. The van der Waals surface area contributed by atoms with Gasteiger partial charge in [0.25, 0.3) is 0 Å². The van der Waals surface area contributed by atoms with Crippen LogP contribution in [0.2, 0.25) is 10.0 Å². The van der Waals surface area contributed by atoms with E-state index in [1.54, 1.807) is 22.7 Å². The third kappa shape index (κ3) is 12.6. The summed E-state index contributed by atoms with van der Waals surface area (Å²) in [7, 11) is 4.06. The summed E-state index contributed by atoms with van der Waals surface area (Å²) in [5.74, 6) is 0.683. The molecule has 10 aromatic rings. The number of aliphatic carboxylic acids is 1. The molecule has 0 radical (unpaired) electrons. The van der Waals surface area contributed by atoms with Crippen molar-refractivity contribution in [3.63, 3.8) is 0 Å². The summed E-state index contributed by atoms with van der Waals surface area (Å²) in [5.41, 5.74) is 11.4. The fraction of sp³-hybridized carbons (Fsp3) is 0.447. The lowest BCUT2D eigenvalue weighted by atomic mass is 9.91. The molecule has 6 aliphatic heterocycles. The van der Waals surface area contributed by atoms with Crippen molar-refractivity contribution in [2.45, 2.75) is 148 Å². The Bertz CT molecular complexity index is 4690. The van der Waals surface area contributed by atoms with E-state index in [-0.39, 0.29) is 6.61 Å². The predicted molar refractivity (Wildman–Crippen MR) is 391 cm³/mol. The maximum absolute atomic E-state index is 13.6. The maximum atomic E-state index is 13.6. The Labute approximate surface area is 589 Å². The van der Waals surface area contributed by atoms with Gasteiger partial charge in [0.1, 0.15) is 10.0 Å². The standard InChI is InChI=1S/C39H44ClN5O4S.C37H40ClN5O4S/c1-7-48-38(46)34(49-39(3,4)5)32-22(2)16-30-35(33(32)23-8-11-25(40)12-9-23)50-37(41-30)24-10-15-31-29(17-24)36(42-43(31)6)45-26-13-14-27(45)19-44(18-26)28-20-47-21-28;1-20-14-28-33(31(21-6-9-23(38)10-7-21)30(20)32(36(44)45)47-37(2,3)4)48-35(39-28)22-8-13-29-27(15-22)34(40-41(29)5)43-24-11-12-25(43)17-42(16-24)26-18-46-19-26/h8-12,15-17,26-28,34H,7,13-14,18-21H2,1-6H3;6-10,13-15,24-26,32H,11-12,16-19H2,1-5H3,(H,44,45)/t26?,27?,34-;24?,25?,32-/m00/s1. The van der Waals surface area contributed by atoms with Crippen LogP contribution in [0.15, 0.2) is 97.1 Å². The Hall–Kier alpha value is -7.08. The number of carbonyl (C=O) groups excluding carboxylic acids is 1. The third-order valence-corrected chi connectivity index (χ3v) is 23.0. The van der Waals surface area contributed by atoms with Crippen molar-refractivity contribution in [2.75, 3.05) is 69.0 Å². The summed E-state index contributed by atoms with van der Waals surface area (Å²) in [6.45, 7) is 25.1. The fourth-order valence-corrected chi connectivity index (χ4v) is 18.2. The lowest BCUT2D eigenvalue weighted by Crippen LogP contribution is -2.61. The van der Waals surface area contributed by atoms with Gasteiger partial charge in [-0.25, -0.2) is 19.6 Å². The van der Waals surface area contributed by atoms with E-state index in [0.29, 0.717) is 51.9 Å². The van der Waals surface area contributed by atoms with Gasteiger partial charge in [-0.2, -0.15) is 10.2 Å². The lowest BCUT2D eigenvalue weighted by molar-refractivity contribution is -0.166. The number of esters is 1. The average molecular weight is 1400 g/mol. The Balaban J connectivity index is 0.000000160. The van der Waals surface area contributed by atoms with Crippen molar-refractivity contribution >= 4 is 112 Å². The summed E-state index contributed by atoms with van der Waals surface area (Å²) >= 11 is 15.9. The Morgan fingerprint density at radius 1 is 0.561 bits per heavy atom. The number of carboxylic acid groups (broad SMARTS) is 1. The molecule has 6 atom stereocenters. The molecule has 4 bridgehead atoms. The minimum Gasteiger partial charge on any atom is -0.479 e. The molecule has 98 heavy (non-hydrogen) atoms. The minimum absolute atomic E-state index is 0.260. The molecule has 10 heterocycles. The molecule has 512 valence electrons. The lowest BCUT2D eigenvalue weighted by Gasteiger charge is -2.46. The SMILES string of the molecule is CCOC(=O)[C@@H](OC(C)(C)C)c1c(C)cc2nc(-c3ccc4c(c3)c(N3C5CCC3CN(C3COC3)C5)nn4C)sc2c1-c1ccc(Cl)cc1.Cc1cc2nc(-c3ccc4c(c3)c(N3C5CCC3CN(C3COC3)C5)nn4C)sc2c(-c2ccc(Cl)cc2)c1[C@H](OC(C)(C)C)C(=O)O. The highest BCUT2D eigenvalue weighted by Gasteiger charge is 2.47. The summed E-state index contributed by atoms with van der Waals surface area (Å²) in [6, 6.07) is 35.3. The normalized spacial score (nSPS) is 20.7. The summed E-state index contributed by atoms with van der Waals surface area (Å²) < 4.78 is 35.2. The van der Waals surface area contributed by atoms with E-state index in [1.807, 2.05) is 140 Å². The second-order valence-electron chi connectivity index (χ2n) is 29.3. The smallest absolute Gasteiger partial charge is 0.339 e. The topological polar surface area (TPSA) is 175 Å². The van der Waals surface area contributed by atoms with Gasteiger partial charge in [0.2, 0.25) is 0 Å². The first-order chi connectivity index (χ1) is 46.9. The van der Waals surface area contributed by atoms with Crippen LogP contribution in [0.25, 0.3) is 85.6 Å². The van der Waals surface area contributed by atoms with E-state index in [0.717, 1.165) is 167 Å². The molecule has 0 amide bonds. The van der Waals surface area contributed by atoms with Crippen molar-refractivity contribution in [3.05, 3.63) is 129 Å². The van der Waals surface area contributed by atoms with Crippen LogP contribution < -0.4 is 9.80 Å². The van der Waals surface area contributed by atoms with Crippen molar-refractivity contribution in [2.24, 2.45) is 14.1 Å². The van der Waals surface area contributed by atoms with Crippen LogP contribution in [0.1, 0.15) is 109 Å². The number of nitrogens with zero attached hydrogens (tertiary/aromatic N) is 10. The van der Waals surface area contributed by atoms with E-state index < -0.39 is 35.3 Å². The molecule has 6 saturated heterocycles. The number of piperazine rings is 2. The van der Waals surface area contributed by atoms with E-state index in [4.69, 9.17) is 67.1 Å². The van der Waals surface area contributed by atoms with Gasteiger partial charge in [-0.3, -0.25) is 19.2 Å². The fourth-order valence-electron chi connectivity index (χ4n) is 15.7. The van der Waals surface area contributed by atoms with Crippen LogP contribution in [-0.2, 0) is 47.4 Å². The summed E-state index contributed by atoms with van der Waals surface area (Å²) in [4.78, 5) is 47.2. The first-order valence-corrected chi connectivity index (χ1v) is 36.6. The van der Waals surface area contributed by atoms with Crippen molar-refractivity contribution in [1.82, 2.24) is 39.3 Å². The average Bonchev–Trinajstić information content (AvgIpc) is 1.59. The molecule has 4 unspecified atom stereocenters. The molecule has 1 N–H and O–H groups in total. The second kappa shape index (κ2) is 26.1. The zero-order valence-electron chi connectivity index (χ0n) is 57.4. The van der Waals surface area contributed by atoms with Gasteiger partial charge in [-0.1, -0.05) is 47.5 Å². The van der Waals surface area contributed by atoms with Gasteiger partial charge < -0.3 is 38.6 Å². The molecule has 22 heteroatoms. The minimum atomic E-state index is -1.16. The van der Waals surface area contributed by atoms with Crippen LogP contribution in [0, 0.1) is 13.8 Å². The number of rotatable bonds is 15. The third-order valence-electron chi connectivity index (χ3n) is 20.3. The highest BCUT2D eigenvalue weighted by molar-refractivity contribution is 7.22. The molecule has 6 aromatic carbocycles.